The third-order valence-electron chi connectivity index (χ3n) is 7.83. The van der Waals surface area contributed by atoms with Gasteiger partial charge in [0.1, 0.15) is 0 Å². The van der Waals surface area contributed by atoms with E-state index in [1.165, 1.54) is 12.0 Å². The molecule has 6 heteroatoms. The molecule has 0 aromatic heterocycles. The van der Waals surface area contributed by atoms with Crippen molar-refractivity contribution in [2.45, 2.75) is 46.6 Å². The number of para-hydroxylation sites is 1. The molecule has 1 aliphatic carbocycles. The monoisotopic (exact) mass is 422 g/mol. The molecule has 2 bridgehead atoms. The fourth-order valence-corrected chi connectivity index (χ4v) is 8.40. The van der Waals surface area contributed by atoms with Gasteiger partial charge in [-0.05, 0) is 55.5 Å². The van der Waals surface area contributed by atoms with Crippen molar-refractivity contribution >= 4 is 23.5 Å². The van der Waals surface area contributed by atoms with Crippen LogP contribution in [0, 0.1) is 5.92 Å². The van der Waals surface area contributed by atoms with Gasteiger partial charge in [-0.25, -0.2) is 9.69 Å². The minimum atomic E-state index is -1.28. The lowest BCUT2D eigenvalue weighted by atomic mass is 9.58. The molecule has 2 saturated heterocycles. The molecule has 156 valence electrons. The summed E-state index contributed by atoms with van der Waals surface area (Å²) in [6.07, 6.45) is 2.29. The second kappa shape index (κ2) is 6.49. The van der Waals surface area contributed by atoms with Crippen molar-refractivity contribution in [3.63, 3.8) is 0 Å². The Morgan fingerprint density at radius 1 is 1.17 bits per heavy atom. The summed E-state index contributed by atoms with van der Waals surface area (Å²) in [6.45, 7) is 1.99. The van der Waals surface area contributed by atoms with Gasteiger partial charge in [-0.2, -0.15) is 0 Å². The van der Waals surface area contributed by atoms with Crippen molar-refractivity contribution in [3.8, 4) is 0 Å². The molecular weight excluding hydrogens is 396 g/mol. The van der Waals surface area contributed by atoms with E-state index in [4.69, 9.17) is 4.74 Å². The maximum Gasteiger partial charge on any atom is 0.416 e. The van der Waals surface area contributed by atoms with E-state index in [2.05, 4.69) is 35.2 Å². The number of fused-ring (bicyclic) bond motifs is 2. The molecule has 1 N–H and O–H groups in total. The number of piperidine rings is 1. The zero-order valence-electron chi connectivity index (χ0n) is 17.0. The predicted octanol–water partition coefficient (Wildman–Crippen LogP) is 3.86. The van der Waals surface area contributed by atoms with Gasteiger partial charge < -0.3 is 9.84 Å². The molecule has 2 aromatic carbocycles. The van der Waals surface area contributed by atoms with Gasteiger partial charge in [0.05, 0.1) is 18.2 Å². The second-order valence-electron chi connectivity index (χ2n) is 9.03. The first-order valence-electron chi connectivity index (χ1n) is 10.8. The quantitative estimate of drug-likeness (QED) is 0.797. The van der Waals surface area contributed by atoms with Gasteiger partial charge in [0.25, 0.3) is 0 Å². The number of ether oxygens (including phenoxy) is 1. The minimum Gasteiger partial charge on any atom is -0.452 e. The largest absolute Gasteiger partial charge is 0.452 e. The summed E-state index contributed by atoms with van der Waals surface area (Å²) in [5.74, 6) is 0.423. The van der Waals surface area contributed by atoms with Crippen molar-refractivity contribution in [3.05, 3.63) is 60.2 Å². The molecule has 2 aromatic rings. The number of amides is 1. The summed E-state index contributed by atoms with van der Waals surface area (Å²) < 4.78 is 5.19. The van der Waals surface area contributed by atoms with Crippen LogP contribution < -0.4 is 4.90 Å². The number of anilines is 1. The molecule has 5 nitrogen and oxygen atoms in total. The van der Waals surface area contributed by atoms with E-state index in [0.29, 0.717) is 12.3 Å². The first kappa shape index (κ1) is 18.7. The van der Waals surface area contributed by atoms with Gasteiger partial charge in [0, 0.05) is 22.7 Å². The van der Waals surface area contributed by atoms with Crippen LogP contribution in [-0.2, 0) is 10.2 Å². The first-order valence-corrected chi connectivity index (χ1v) is 11.6. The number of hydrogen-bond acceptors (Lipinski definition) is 5. The number of methoxy groups -OCH3 is 1. The smallest absolute Gasteiger partial charge is 0.416 e. The topological polar surface area (TPSA) is 53.0 Å². The Balaban J connectivity index is 1.59. The highest BCUT2D eigenvalue weighted by Gasteiger charge is 2.76. The fourth-order valence-electron chi connectivity index (χ4n) is 6.83. The van der Waals surface area contributed by atoms with Gasteiger partial charge >= 0.3 is 6.09 Å². The molecule has 5 atom stereocenters. The lowest BCUT2D eigenvalue weighted by Crippen LogP contribution is -2.71. The highest BCUT2D eigenvalue weighted by atomic mass is 32.2. The van der Waals surface area contributed by atoms with Crippen LogP contribution in [0.2, 0.25) is 0 Å². The van der Waals surface area contributed by atoms with Crippen LogP contribution in [0.4, 0.5) is 10.5 Å². The number of nitrogens with zero attached hydrogens (tertiary/aromatic N) is 2. The Labute approximate surface area is 181 Å². The van der Waals surface area contributed by atoms with E-state index in [-0.39, 0.29) is 11.3 Å². The Hall–Kier alpha value is -2.02. The normalized spacial score (nSPS) is 36.3. The summed E-state index contributed by atoms with van der Waals surface area (Å²) in [6, 6.07) is 18.8. The maximum absolute atomic E-state index is 13.0. The molecule has 1 amide bonds. The van der Waals surface area contributed by atoms with Crippen LogP contribution in [0.25, 0.3) is 0 Å². The molecule has 30 heavy (non-hydrogen) atoms. The summed E-state index contributed by atoms with van der Waals surface area (Å²) in [5.41, 5.74) is 0.0906. The minimum absolute atomic E-state index is 0.143. The molecule has 1 spiro atoms. The predicted molar refractivity (Wildman–Crippen MR) is 117 cm³/mol. The third-order valence-corrected chi connectivity index (χ3v) is 9.18. The zero-order valence-corrected chi connectivity index (χ0v) is 17.8. The van der Waals surface area contributed by atoms with Gasteiger partial charge in [0.15, 0.2) is 5.72 Å². The molecule has 3 aliphatic heterocycles. The number of benzene rings is 2. The maximum atomic E-state index is 13.0. The summed E-state index contributed by atoms with van der Waals surface area (Å²) in [4.78, 5) is 18.4. The van der Waals surface area contributed by atoms with Crippen LogP contribution in [-0.4, -0.2) is 53.3 Å². The number of rotatable bonds is 2. The van der Waals surface area contributed by atoms with E-state index < -0.39 is 17.2 Å². The van der Waals surface area contributed by atoms with Crippen LogP contribution in [0.5, 0.6) is 0 Å². The van der Waals surface area contributed by atoms with E-state index >= 15 is 0 Å². The van der Waals surface area contributed by atoms with Crippen LogP contribution in [0.15, 0.2) is 59.5 Å². The molecular formula is C24H26N2O3S. The molecule has 0 radical (unpaired) electrons. The van der Waals surface area contributed by atoms with Gasteiger partial charge in [-0.3, -0.25) is 4.90 Å². The van der Waals surface area contributed by atoms with E-state index in [0.717, 1.165) is 37.2 Å². The molecule has 1 saturated carbocycles. The lowest BCUT2D eigenvalue weighted by Gasteiger charge is -2.56. The zero-order chi connectivity index (χ0) is 20.5. The fraction of sp³-hybridized carbons (Fsp3) is 0.458. The van der Waals surface area contributed by atoms with Crippen molar-refractivity contribution in [2.75, 3.05) is 25.1 Å². The molecule has 6 rings (SSSR count). The van der Waals surface area contributed by atoms with Crippen molar-refractivity contribution in [1.29, 1.82) is 0 Å². The highest BCUT2D eigenvalue weighted by molar-refractivity contribution is 8.00. The standard InChI is InChI=1S/C24H26N2O3S/c1-29-22(27)26-19-10-6-5-9-18(19)24-20-13-16(14-23(24,26)28)11-12-25(20)15-21(24)30-17-7-3-2-4-8-17/h2-10,16,20-21,28H,11-15H2,1H3/t16-,20+,21-,23-,24?/m1/s1. The summed E-state index contributed by atoms with van der Waals surface area (Å²) >= 11 is 1.84. The number of aliphatic hydroxyl groups is 1. The summed E-state index contributed by atoms with van der Waals surface area (Å²) in [7, 11) is 1.40. The Kier molecular flexibility index (Phi) is 4.05. The van der Waals surface area contributed by atoms with Crippen molar-refractivity contribution in [1.82, 2.24) is 4.90 Å². The molecule has 1 unspecified atom stereocenters. The van der Waals surface area contributed by atoms with Crippen LogP contribution >= 0.6 is 11.8 Å². The Morgan fingerprint density at radius 2 is 1.93 bits per heavy atom. The van der Waals surface area contributed by atoms with Gasteiger partial charge in [-0.15, -0.1) is 11.8 Å². The lowest BCUT2D eigenvalue weighted by molar-refractivity contribution is -0.104. The highest BCUT2D eigenvalue weighted by Crippen LogP contribution is 2.67. The third kappa shape index (κ3) is 2.19. The van der Waals surface area contributed by atoms with Crippen LogP contribution in [0.1, 0.15) is 24.8 Å². The Morgan fingerprint density at radius 3 is 2.73 bits per heavy atom. The van der Waals surface area contributed by atoms with Gasteiger partial charge in [0.2, 0.25) is 0 Å². The molecule has 3 heterocycles. The van der Waals surface area contributed by atoms with E-state index in [1.807, 2.05) is 36.0 Å². The van der Waals surface area contributed by atoms with Crippen LogP contribution in [0.3, 0.4) is 0 Å². The average molecular weight is 423 g/mol. The number of carbonyl (C=O) groups is 1. The SMILES string of the molecule is COC(=O)N1c2ccccc2C23[C@@H]4C[C@@H](CCN4C[C@H]2Sc2ccccc2)C[C@]13O. The Bertz CT molecular complexity index is 1000. The van der Waals surface area contributed by atoms with Crippen molar-refractivity contribution in [2.24, 2.45) is 5.92 Å². The second-order valence-corrected chi connectivity index (χ2v) is 10.3. The molecule has 4 aliphatic rings. The van der Waals surface area contributed by atoms with E-state index in [9.17, 15) is 9.90 Å². The number of carbonyl (C=O) groups excluding carboxylic acids is 1. The molecule has 3 fully saturated rings. The first-order chi connectivity index (χ1) is 14.6. The number of thioether (sulfide) groups is 1. The van der Waals surface area contributed by atoms with E-state index in [1.54, 1.807) is 4.90 Å². The van der Waals surface area contributed by atoms with Gasteiger partial charge in [-0.1, -0.05) is 36.4 Å². The average Bonchev–Trinajstić information content (AvgIpc) is 3.22. The summed E-state index contributed by atoms with van der Waals surface area (Å²) in [5, 5.41) is 12.7. The number of hydrogen-bond donors (Lipinski definition) is 1. The van der Waals surface area contributed by atoms with Crippen molar-refractivity contribution < 1.29 is 14.6 Å².